The number of aromatic nitrogens is 2. The van der Waals surface area contributed by atoms with Crippen molar-refractivity contribution >= 4 is 11.7 Å². The van der Waals surface area contributed by atoms with Crippen LogP contribution in [0.1, 0.15) is 16.1 Å². The second kappa shape index (κ2) is 1.98. The van der Waals surface area contributed by atoms with Crippen LogP contribution in [0.3, 0.4) is 0 Å². The van der Waals surface area contributed by atoms with Gasteiger partial charge >= 0.3 is 0 Å². The van der Waals surface area contributed by atoms with E-state index in [2.05, 4.69) is 15.5 Å². The largest absolute Gasteiger partial charge is 0.382 e. The topological polar surface area (TPSA) is 83.8 Å². The van der Waals surface area contributed by atoms with Crippen LogP contribution >= 0.6 is 0 Å². The first-order valence-corrected chi connectivity index (χ1v) is 3.40. The minimum Gasteiger partial charge on any atom is -0.382 e. The highest BCUT2D eigenvalue weighted by atomic mass is 16.2. The predicted molar refractivity (Wildman–Crippen MR) is 39.0 cm³/mol. The number of fused-ring (bicyclic) bond motifs is 1. The van der Waals surface area contributed by atoms with E-state index in [1.54, 1.807) is 0 Å². The maximum Gasteiger partial charge on any atom is 0.269 e. The Balaban J connectivity index is 2.55. The molecule has 0 bridgehead atoms. The molecule has 4 N–H and O–H groups in total. The lowest BCUT2D eigenvalue weighted by Gasteiger charge is -2.10. The molecule has 0 saturated carbocycles. The third kappa shape index (κ3) is 0.772. The number of hydrogen-bond donors (Lipinski definition) is 3. The number of carbonyl (C=O) groups is 1. The Labute approximate surface area is 63.0 Å². The molecule has 0 saturated heterocycles. The number of aromatic amines is 1. The smallest absolute Gasteiger partial charge is 0.269 e. The lowest BCUT2D eigenvalue weighted by Crippen LogP contribution is -2.31. The van der Waals surface area contributed by atoms with Gasteiger partial charge < -0.3 is 11.1 Å². The molecule has 5 nitrogen and oxygen atoms in total. The number of rotatable bonds is 0. The van der Waals surface area contributed by atoms with Crippen LogP contribution in [0.5, 0.6) is 0 Å². The third-order valence-corrected chi connectivity index (χ3v) is 1.79. The SMILES string of the molecule is Nc1n[nH]c2c1CCNC2=O. The monoisotopic (exact) mass is 152 g/mol. The Hall–Kier alpha value is -1.52. The highest BCUT2D eigenvalue weighted by Gasteiger charge is 2.20. The molecule has 1 aliphatic rings. The number of amides is 1. The molecule has 0 radical (unpaired) electrons. The van der Waals surface area contributed by atoms with Gasteiger partial charge in [-0.05, 0) is 6.42 Å². The Morgan fingerprint density at radius 2 is 2.36 bits per heavy atom. The number of hydrogen-bond acceptors (Lipinski definition) is 3. The van der Waals surface area contributed by atoms with Crippen LogP contribution in [0.25, 0.3) is 0 Å². The maximum absolute atomic E-state index is 11.1. The first-order valence-electron chi connectivity index (χ1n) is 3.40. The maximum atomic E-state index is 11.1. The number of nitrogens with one attached hydrogen (secondary N) is 2. The van der Waals surface area contributed by atoms with Gasteiger partial charge in [-0.1, -0.05) is 0 Å². The lowest BCUT2D eigenvalue weighted by molar-refractivity contribution is 0.0941. The summed E-state index contributed by atoms with van der Waals surface area (Å²) in [5.41, 5.74) is 6.85. The standard InChI is InChI=1S/C6H8N4O/c7-5-3-1-2-8-6(11)4(3)9-10-5/h1-2H2,(H,8,11)(H3,7,9,10). The van der Waals surface area contributed by atoms with Crippen molar-refractivity contribution in [2.24, 2.45) is 0 Å². The second-order valence-electron chi connectivity index (χ2n) is 2.47. The van der Waals surface area contributed by atoms with E-state index in [1.165, 1.54) is 0 Å². The number of H-pyrrole nitrogens is 1. The van der Waals surface area contributed by atoms with Crippen LogP contribution in [-0.2, 0) is 6.42 Å². The quantitative estimate of drug-likeness (QED) is 0.458. The molecule has 2 rings (SSSR count). The highest BCUT2D eigenvalue weighted by Crippen LogP contribution is 2.16. The summed E-state index contributed by atoms with van der Waals surface area (Å²) in [6, 6.07) is 0. The average molecular weight is 152 g/mol. The predicted octanol–water partition coefficient (Wildman–Crippen LogP) is -0.722. The van der Waals surface area contributed by atoms with Gasteiger partial charge in [0, 0.05) is 12.1 Å². The zero-order valence-corrected chi connectivity index (χ0v) is 5.85. The van der Waals surface area contributed by atoms with Crippen molar-refractivity contribution in [2.45, 2.75) is 6.42 Å². The fourth-order valence-electron chi connectivity index (χ4n) is 1.21. The van der Waals surface area contributed by atoms with Gasteiger partial charge in [-0.2, -0.15) is 5.10 Å². The minimum atomic E-state index is -0.115. The molecule has 0 fully saturated rings. The molecule has 1 amide bonds. The van der Waals surface area contributed by atoms with Crippen LogP contribution in [-0.4, -0.2) is 22.6 Å². The van der Waals surface area contributed by atoms with E-state index in [0.717, 1.165) is 12.0 Å². The highest BCUT2D eigenvalue weighted by molar-refractivity contribution is 5.95. The summed E-state index contributed by atoms with van der Waals surface area (Å²) in [7, 11) is 0. The molecule has 0 unspecified atom stereocenters. The number of anilines is 1. The van der Waals surface area contributed by atoms with E-state index in [1.807, 2.05) is 0 Å². The van der Waals surface area contributed by atoms with Crippen molar-refractivity contribution in [1.29, 1.82) is 0 Å². The first kappa shape index (κ1) is 6.21. The van der Waals surface area contributed by atoms with Crippen molar-refractivity contribution in [3.63, 3.8) is 0 Å². The van der Waals surface area contributed by atoms with Crippen LogP contribution < -0.4 is 11.1 Å². The van der Waals surface area contributed by atoms with E-state index >= 15 is 0 Å². The normalized spacial score (nSPS) is 15.8. The lowest BCUT2D eigenvalue weighted by atomic mass is 10.1. The molecule has 1 aromatic heterocycles. The summed E-state index contributed by atoms with van der Waals surface area (Å²) >= 11 is 0. The summed E-state index contributed by atoms with van der Waals surface area (Å²) in [6.07, 6.45) is 0.767. The summed E-state index contributed by atoms with van der Waals surface area (Å²) in [4.78, 5) is 11.1. The van der Waals surface area contributed by atoms with E-state index in [4.69, 9.17) is 5.73 Å². The van der Waals surface area contributed by atoms with Gasteiger partial charge in [-0.15, -0.1) is 0 Å². The van der Waals surface area contributed by atoms with Gasteiger partial charge in [0.05, 0.1) is 0 Å². The van der Waals surface area contributed by atoms with E-state index in [-0.39, 0.29) is 5.91 Å². The first-order chi connectivity index (χ1) is 5.29. The van der Waals surface area contributed by atoms with Crippen LogP contribution in [0.4, 0.5) is 5.82 Å². The van der Waals surface area contributed by atoms with Crippen molar-refractivity contribution in [3.05, 3.63) is 11.3 Å². The molecule has 11 heavy (non-hydrogen) atoms. The molecular formula is C6H8N4O. The molecular weight excluding hydrogens is 144 g/mol. The zero-order valence-electron chi connectivity index (χ0n) is 5.85. The molecule has 0 aromatic carbocycles. The Bertz CT molecular complexity index is 304. The van der Waals surface area contributed by atoms with Gasteiger partial charge in [-0.25, -0.2) is 0 Å². The molecule has 0 aliphatic carbocycles. The van der Waals surface area contributed by atoms with Crippen LogP contribution in [0.2, 0.25) is 0 Å². The molecule has 1 aromatic rings. The molecule has 0 atom stereocenters. The minimum absolute atomic E-state index is 0.115. The number of nitrogens with two attached hydrogens (primary N) is 1. The van der Waals surface area contributed by atoms with Crippen LogP contribution in [0, 0.1) is 0 Å². The van der Waals surface area contributed by atoms with Gasteiger partial charge in [0.2, 0.25) is 0 Å². The average Bonchev–Trinajstić information content (AvgIpc) is 2.35. The third-order valence-electron chi connectivity index (χ3n) is 1.79. The van der Waals surface area contributed by atoms with E-state index < -0.39 is 0 Å². The molecule has 2 heterocycles. The van der Waals surface area contributed by atoms with E-state index in [0.29, 0.717) is 18.1 Å². The molecule has 1 aliphatic heterocycles. The van der Waals surface area contributed by atoms with Crippen molar-refractivity contribution in [3.8, 4) is 0 Å². The number of carbonyl (C=O) groups excluding carboxylic acids is 1. The summed E-state index contributed by atoms with van der Waals surface area (Å²) in [5.74, 6) is 0.324. The fourth-order valence-corrected chi connectivity index (χ4v) is 1.21. The number of nitrogens with zero attached hydrogens (tertiary/aromatic N) is 1. The molecule has 0 spiro atoms. The summed E-state index contributed by atoms with van der Waals surface area (Å²) in [5, 5.41) is 9.02. The fraction of sp³-hybridized carbons (Fsp3) is 0.333. The zero-order chi connectivity index (χ0) is 7.84. The van der Waals surface area contributed by atoms with Crippen LogP contribution in [0.15, 0.2) is 0 Å². The van der Waals surface area contributed by atoms with Gasteiger partial charge in [0.1, 0.15) is 11.5 Å². The summed E-state index contributed by atoms with van der Waals surface area (Å²) in [6.45, 7) is 0.648. The van der Waals surface area contributed by atoms with Gasteiger partial charge in [-0.3, -0.25) is 9.89 Å². The second-order valence-corrected chi connectivity index (χ2v) is 2.47. The van der Waals surface area contributed by atoms with Crippen molar-refractivity contribution in [2.75, 3.05) is 12.3 Å². The van der Waals surface area contributed by atoms with Crippen molar-refractivity contribution in [1.82, 2.24) is 15.5 Å². The van der Waals surface area contributed by atoms with Gasteiger partial charge in [0.25, 0.3) is 5.91 Å². The van der Waals surface area contributed by atoms with Gasteiger partial charge in [0.15, 0.2) is 0 Å². The molecule has 5 heteroatoms. The summed E-state index contributed by atoms with van der Waals surface area (Å²) < 4.78 is 0. The Morgan fingerprint density at radius 1 is 1.55 bits per heavy atom. The number of nitrogen functional groups attached to an aromatic ring is 1. The molecule has 58 valence electrons. The Morgan fingerprint density at radius 3 is 3.09 bits per heavy atom. The van der Waals surface area contributed by atoms with E-state index in [9.17, 15) is 4.79 Å². The van der Waals surface area contributed by atoms with Crippen molar-refractivity contribution < 1.29 is 4.79 Å². The Kier molecular flexibility index (Phi) is 1.12.